The van der Waals surface area contributed by atoms with Gasteiger partial charge in [0.05, 0.1) is 6.04 Å². The Bertz CT molecular complexity index is 364. The van der Waals surface area contributed by atoms with Crippen molar-refractivity contribution in [1.82, 2.24) is 5.32 Å². The van der Waals surface area contributed by atoms with Crippen molar-refractivity contribution in [2.45, 2.75) is 64.8 Å². The van der Waals surface area contributed by atoms with Crippen LogP contribution >= 0.6 is 0 Å². The Hall–Kier alpha value is -1.39. The summed E-state index contributed by atoms with van der Waals surface area (Å²) < 4.78 is 0. The van der Waals surface area contributed by atoms with Crippen molar-refractivity contribution < 1.29 is 14.4 Å². The molecule has 114 valence electrons. The van der Waals surface area contributed by atoms with Gasteiger partial charge in [-0.3, -0.25) is 14.4 Å². The predicted molar refractivity (Wildman–Crippen MR) is 76.8 cm³/mol. The van der Waals surface area contributed by atoms with Crippen molar-refractivity contribution >= 4 is 17.6 Å². The van der Waals surface area contributed by atoms with Gasteiger partial charge in [0.2, 0.25) is 11.7 Å². The Morgan fingerprint density at radius 2 is 1.95 bits per heavy atom. The number of primary amides is 1. The molecule has 0 aromatic rings. The van der Waals surface area contributed by atoms with Crippen LogP contribution < -0.4 is 11.1 Å². The minimum atomic E-state index is -0.962. The average molecular weight is 282 g/mol. The van der Waals surface area contributed by atoms with Crippen molar-refractivity contribution in [3.8, 4) is 0 Å². The minimum Gasteiger partial charge on any atom is -0.363 e. The average Bonchev–Trinajstić information content (AvgIpc) is 2.37. The highest BCUT2D eigenvalue weighted by Gasteiger charge is 2.31. The zero-order valence-corrected chi connectivity index (χ0v) is 12.5. The van der Waals surface area contributed by atoms with E-state index >= 15 is 0 Å². The van der Waals surface area contributed by atoms with Crippen molar-refractivity contribution in [3.63, 3.8) is 0 Å². The maximum absolute atomic E-state index is 12.1. The van der Waals surface area contributed by atoms with Crippen LogP contribution in [0.25, 0.3) is 0 Å². The number of unbranched alkanes of at least 4 members (excludes halogenated alkanes) is 1. The van der Waals surface area contributed by atoms with Gasteiger partial charge in [-0.25, -0.2) is 0 Å². The first-order valence-electron chi connectivity index (χ1n) is 7.59. The molecule has 20 heavy (non-hydrogen) atoms. The molecule has 5 heteroatoms. The number of Topliss-reactive ketones (excluding diaryl/α,β-unsaturated/α-hetero) is 1. The molecule has 0 bridgehead atoms. The maximum Gasteiger partial charge on any atom is 0.287 e. The molecule has 2 amide bonds. The number of carbonyl (C=O) groups excluding carboxylic acids is 3. The van der Waals surface area contributed by atoms with Crippen LogP contribution in [0.5, 0.6) is 0 Å². The molecular weight excluding hydrogens is 256 g/mol. The molecule has 1 aliphatic rings. The molecule has 1 aliphatic carbocycles. The lowest BCUT2D eigenvalue weighted by Gasteiger charge is -2.29. The van der Waals surface area contributed by atoms with Crippen LogP contribution in [0, 0.1) is 11.8 Å². The summed E-state index contributed by atoms with van der Waals surface area (Å²) in [6, 6.07) is -0.741. The molecule has 0 radical (unpaired) electrons. The largest absolute Gasteiger partial charge is 0.363 e. The Morgan fingerprint density at radius 3 is 2.40 bits per heavy atom. The Balaban J connectivity index is 2.55. The minimum absolute atomic E-state index is 0.139. The fourth-order valence-corrected chi connectivity index (χ4v) is 2.42. The van der Waals surface area contributed by atoms with Gasteiger partial charge in [0, 0.05) is 5.92 Å². The van der Waals surface area contributed by atoms with Crippen LogP contribution in [-0.4, -0.2) is 23.6 Å². The van der Waals surface area contributed by atoms with Crippen LogP contribution in [0.3, 0.4) is 0 Å². The first-order chi connectivity index (χ1) is 9.45. The van der Waals surface area contributed by atoms with Crippen LogP contribution in [0.15, 0.2) is 0 Å². The number of hydrogen-bond donors (Lipinski definition) is 2. The maximum atomic E-state index is 12.1. The lowest BCUT2D eigenvalue weighted by molar-refractivity contribution is -0.139. The quantitative estimate of drug-likeness (QED) is 0.629. The molecule has 5 nitrogen and oxygen atoms in total. The van der Waals surface area contributed by atoms with Gasteiger partial charge in [0.25, 0.3) is 5.91 Å². The van der Waals surface area contributed by atoms with Gasteiger partial charge in [0.1, 0.15) is 0 Å². The van der Waals surface area contributed by atoms with Crippen molar-refractivity contribution in [1.29, 1.82) is 0 Å². The van der Waals surface area contributed by atoms with E-state index in [1.54, 1.807) is 0 Å². The fourth-order valence-electron chi connectivity index (χ4n) is 2.42. The summed E-state index contributed by atoms with van der Waals surface area (Å²) in [6.07, 6.45) is 6.61. The van der Waals surface area contributed by atoms with E-state index in [4.69, 9.17) is 5.73 Å². The zero-order valence-electron chi connectivity index (χ0n) is 12.5. The third-order valence-corrected chi connectivity index (χ3v) is 4.11. The number of amides is 2. The number of nitrogens with two attached hydrogens (primary N) is 1. The van der Waals surface area contributed by atoms with E-state index in [1.807, 2.05) is 6.92 Å². The molecule has 1 saturated carbocycles. The molecule has 0 heterocycles. The summed E-state index contributed by atoms with van der Waals surface area (Å²) in [5, 5.41) is 2.72. The molecular formula is C15H26N2O3. The highest BCUT2D eigenvalue weighted by molar-refractivity contribution is 6.37. The number of hydrogen-bond acceptors (Lipinski definition) is 3. The molecule has 0 aliphatic heterocycles. The van der Waals surface area contributed by atoms with E-state index in [-0.39, 0.29) is 11.8 Å². The van der Waals surface area contributed by atoms with Gasteiger partial charge in [0.15, 0.2) is 0 Å². The van der Waals surface area contributed by atoms with Crippen molar-refractivity contribution in [3.05, 3.63) is 0 Å². The van der Waals surface area contributed by atoms with Crippen LogP contribution in [0.2, 0.25) is 0 Å². The first-order valence-corrected chi connectivity index (χ1v) is 7.59. The van der Waals surface area contributed by atoms with Gasteiger partial charge in [-0.05, 0) is 18.8 Å². The van der Waals surface area contributed by atoms with Gasteiger partial charge in [-0.15, -0.1) is 0 Å². The monoisotopic (exact) mass is 282 g/mol. The fraction of sp³-hybridized carbons (Fsp3) is 0.800. The van der Waals surface area contributed by atoms with E-state index in [1.165, 1.54) is 0 Å². The molecule has 0 saturated heterocycles. The highest BCUT2D eigenvalue weighted by atomic mass is 16.2. The molecule has 0 aromatic heterocycles. The van der Waals surface area contributed by atoms with E-state index in [2.05, 4.69) is 12.2 Å². The molecule has 2 unspecified atom stereocenters. The summed E-state index contributed by atoms with van der Waals surface area (Å²) in [4.78, 5) is 34.9. The van der Waals surface area contributed by atoms with E-state index in [0.29, 0.717) is 12.3 Å². The van der Waals surface area contributed by atoms with Crippen molar-refractivity contribution in [2.75, 3.05) is 0 Å². The molecule has 0 aromatic carbocycles. The molecule has 1 rings (SSSR count). The second-order valence-corrected chi connectivity index (χ2v) is 5.87. The standard InChI is InChI=1S/C15H26N2O3/c1-3-4-6-10(2)15(20)17-12(13(18)14(16)19)9-11-7-5-8-11/h10-12H,3-9H2,1-2H3,(H2,16,19)(H,17,20). The summed E-state index contributed by atoms with van der Waals surface area (Å²) in [7, 11) is 0. The second kappa shape index (κ2) is 8.02. The SMILES string of the molecule is CCCCC(C)C(=O)NC(CC1CCC1)C(=O)C(N)=O. The van der Waals surface area contributed by atoms with Crippen molar-refractivity contribution in [2.24, 2.45) is 17.6 Å². The summed E-state index contributed by atoms with van der Waals surface area (Å²) >= 11 is 0. The zero-order chi connectivity index (χ0) is 15.1. The lowest BCUT2D eigenvalue weighted by Crippen LogP contribution is -2.48. The molecule has 2 atom stereocenters. The normalized spacial score (nSPS) is 17.9. The molecule has 0 spiro atoms. The Labute approximate surface area is 120 Å². The third kappa shape index (κ3) is 4.94. The number of rotatable bonds is 9. The number of carbonyl (C=O) groups is 3. The third-order valence-electron chi connectivity index (χ3n) is 4.11. The molecule has 1 fully saturated rings. The summed E-state index contributed by atoms with van der Waals surface area (Å²) in [6.45, 7) is 3.92. The van der Waals surface area contributed by atoms with Gasteiger partial charge < -0.3 is 11.1 Å². The van der Waals surface area contributed by atoms with Gasteiger partial charge >= 0.3 is 0 Å². The lowest BCUT2D eigenvalue weighted by atomic mass is 9.80. The van der Waals surface area contributed by atoms with Gasteiger partial charge in [-0.1, -0.05) is 46.0 Å². The predicted octanol–water partition coefficient (Wildman–Crippen LogP) is 1.54. The topological polar surface area (TPSA) is 89.3 Å². The first kappa shape index (κ1) is 16.7. The molecule has 3 N–H and O–H groups in total. The van der Waals surface area contributed by atoms with Crippen LogP contribution in [0.4, 0.5) is 0 Å². The Kier molecular flexibility index (Phi) is 6.68. The van der Waals surface area contributed by atoms with Crippen LogP contribution in [-0.2, 0) is 14.4 Å². The number of nitrogens with one attached hydrogen (secondary N) is 1. The smallest absolute Gasteiger partial charge is 0.287 e. The second-order valence-electron chi connectivity index (χ2n) is 5.87. The highest BCUT2D eigenvalue weighted by Crippen LogP contribution is 2.30. The number of ketones is 1. The summed E-state index contributed by atoms with van der Waals surface area (Å²) in [5.74, 6) is -1.50. The van der Waals surface area contributed by atoms with Crippen LogP contribution in [0.1, 0.15) is 58.8 Å². The Morgan fingerprint density at radius 1 is 1.30 bits per heavy atom. The van der Waals surface area contributed by atoms with E-state index in [0.717, 1.165) is 38.5 Å². The van der Waals surface area contributed by atoms with E-state index < -0.39 is 17.7 Å². The van der Waals surface area contributed by atoms with E-state index in [9.17, 15) is 14.4 Å². The summed E-state index contributed by atoms with van der Waals surface area (Å²) in [5.41, 5.74) is 5.06. The van der Waals surface area contributed by atoms with Gasteiger partial charge in [-0.2, -0.15) is 0 Å².